The Labute approximate surface area is 204 Å². The minimum atomic E-state index is -0.485. The van der Waals surface area contributed by atoms with Crippen molar-refractivity contribution in [3.63, 3.8) is 0 Å². The first-order valence-corrected chi connectivity index (χ1v) is 13.4. The van der Waals surface area contributed by atoms with Crippen molar-refractivity contribution in [1.82, 2.24) is 9.80 Å². The second kappa shape index (κ2) is 11.8. The van der Waals surface area contributed by atoms with E-state index in [0.717, 1.165) is 63.1 Å². The first kappa shape index (κ1) is 26.2. The van der Waals surface area contributed by atoms with Gasteiger partial charge in [-0.25, -0.2) is 4.79 Å². The number of aryl methyl sites for hydroxylation is 1. The Morgan fingerprint density at radius 2 is 1.79 bits per heavy atom. The summed E-state index contributed by atoms with van der Waals surface area (Å²) < 4.78 is 17.6. The maximum absolute atomic E-state index is 12.7. The summed E-state index contributed by atoms with van der Waals surface area (Å²) in [6.07, 6.45) is 5.91. The number of amides is 1. The lowest BCUT2D eigenvalue weighted by Crippen LogP contribution is -2.38. The third-order valence-electron chi connectivity index (χ3n) is 6.28. The molecule has 0 saturated heterocycles. The number of nitrogens with zero attached hydrogens (tertiary/aromatic N) is 2. The molecule has 0 N–H and O–H groups in total. The number of methoxy groups -OCH3 is 2. The minimum absolute atomic E-state index is 0.0575. The number of carbonyl (C=O) groups is 1. The van der Waals surface area contributed by atoms with Crippen LogP contribution < -0.4 is 4.74 Å². The molecule has 2 aliphatic heterocycles. The fourth-order valence-electron chi connectivity index (χ4n) is 4.75. The number of hydrogen-bond donors (Lipinski definition) is 0. The van der Waals surface area contributed by atoms with Gasteiger partial charge in [-0.15, -0.1) is 11.8 Å². The van der Waals surface area contributed by atoms with Gasteiger partial charge < -0.3 is 19.1 Å². The molecule has 1 aromatic carbocycles. The van der Waals surface area contributed by atoms with Crippen molar-refractivity contribution in [2.24, 2.45) is 0 Å². The summed E-state index contributed by atoms with van der Waals surface area (Å²) in [6.45, 7) is 11.1. The smallest absolute Gasteiger partial charge is 0.410 e. The van der Waals surface area contributed by atoms with Gasteiger partial charge in [-0.1, -0.05) is 13.0 Å². The van der Waals surface area contributed by atoms with Gasteiger partial charge in [0.2, 0.25) is 0 Å². The molecule has 1 aromatic rings. The molecule has 2 heterocycles. The number of thioether (sulfide) groups is 1. The number of hydrogen-bond acceptors (Lipinski definition) is 6. The Morgan fingerprint density at radius 3 is 2.45 bits per heavy atom. The van der Waals surface area contributed by atoms with Crippen molar-refractivity contribution in [2.45, 2.75) is 83.9 Å². The average molecular weight is 479 g/mol. The summed E-state index contributed by atoms with van der Waals surface area (Å²) in [7, 11) is 3.60. The fraction of sp³-hybridized carbons (Fsp3) is 0.731. The van der Waals surface area contributed by atoms with Crippen LogP contribution in [0, 0.1) is 0 Å². The lowest BCUT2D eigenvalue weighted by atomic mass is 9.90. The van der Waals surface area contributed by atoms with Crippen molar-refractivity contribution >= 4 is 17.9 Å². The van der Waals surface area contributed by atoms with Crippen molar-refractivity contribution in [1.29, 1.82) is 0 Å². The van der Waals surface area contributed by atoms with E-state index in [1.807, 2.05) is 44.5 Å². The molecule has 186 valence electrons. The first-order valence-electron chi connectivity index (χ1n) is 12.3. The van der Waals surface area contributed by atoms with Crippen LogP contribution in [-0.2, 0) is 35.3 Å². The third-order valence-corrected chi connectivity index (χ3v) is 7.70. The molecule has 1 amide bonds. The van der Waals surface area contributed by atoms with Crippen molar-refractivity contribution in [2.75, 3.05) is 39.6 Å². The Bertz CT molecular complexity index is 808. The zero-order chi connectivity index (χ0) is 24.0. The van der Waals surface area contributed by atoms with Crippen LogP contribution in [-0.4, -0.2) is 66.7 Å². The molecule has 0 fully saturated rings. The summed E-state index contributed by atoms with van der Waals surface area (Å²) >= 11 is 1.88. The molecule has 0 radical (unpaired) electrons. The Hall–Kier alpha value is -1.44. The Morgan fingerprint density at radius 1 is 1.06 bits per heavy atom. The van der Waals surface area contributed by atoms with E-state index in [9.17, 15) is 4.79 Å². The van der Waals surface area contributed by atoms with Crippen LogP contribution in [0.5, 0.6) is 5.75 Å². The molecule has 0 saturated carbocycles. The van der Waals surface area contributed by atoms with Gasteiger partial charge in [0.1, 0.15) is 11.4 Å². The van der Waals surface area contributed by atoms with E-state index in [-0.39, 0.29) is 11.7 Å². The zero-order valence-corrected chi connectivity index (χ0v) is 22.2. The van der Waals surface area contributed by atoms with Gasteiger partial charge in [0.15, 0.2) is 5.56 Å². The van der Waals surface area contributed by atoms with Gasteiger partial charge >= 0.3 is 6.09 Å². The molecule has 33 heavy (non-hydrogen) atoms. The third kappa shape index (κ3) is 6.80. The lowest BCUT2D eigenvalue weighted by molar-refractivity contribution is 0.0254. The fourth-order valence-corrected chi connectivity index (χ4v) is 5.72. The van der Waals surface area contributed by atoms with Crippen LogP contribution in [0.2, 0.25) is 0 Å². The number of rotatable bonds is 6. The molecule has 6 nitrogen and oxygen atoms in total. The highest BCUT2D eigenvalue weighted by molar-refractivity contribution is 7.99. The van der Waals surface area contributed by atoms with Crippen molar-refractivity contribution in [3.05, 3.63) is 28.3 Å². The second-order valence-electron chi connectivity index (χ2n) is 9.99. The van der Waals surface area contributed by atoms with E-state index in [0.29, 0.717) is 13.1 Å². The Balaban J connectivity index is 1.88. The van der Waals surface area contributed by atoms with E-state index in [4.69, 9.17) is 14.2 Å². The summed E-state index contributed by atoms with van der Waals surface area (Å²) in [4.78, 5) is 17.0. The molecular weight excluding hydrogens is 436 g/mol. The van der Waals surface area contributed by atoms with Crippen LogP contribution in [0.3, 0.4) is 0 Å². The normalized spacial score (nSPS) is 18.4. The predicted molar refractivity (Wildman–Crippen MR) is 135 cm³/mol. The number of ether oxygens (including phenoxy) is 3. The van der Waals surface area contributed by atoms with Gasteiger partial charge in [-0.05, 0) is 81.7 Å². The van der Waals surface area contributed by atoms with E-state index >= 15 is 0 Å². The van der Waals surface area contributed by atoms with Crippen molar-refractivity contribution < 1.29 is 19.0 Å². The summed E-state index contributed by atoms with van der Waals surface area (Å²) in [5.74, 6) is 2.10. The van der Waals surface area contributed by atoms with E-state index in [2.05, 4.69) is 17.9 Å². The summed E-state index contributed by atoms with van der Waals surface area (Å²) in [5.41, 5.74) is 4.81. The molecule has 1 unspecified atom stereocenters. The molecule has 0 bridgehead atoms. The maximum atomic E-state index is 12.7. The number of fused-ring (bicyclic) bond motifs is 2. The Kier molecular flexibility index (Phi) is 9.36. The quantitative estimate of drug-likeness (QED) is 0.521. The molecule has 7 heteroatoms. The summed E-state index contributed by atoms with van der Waals surface area (Å²) in [5, 5.41) is 0. The highest BCUT2D eigenvalue weighted by Crippen LogP contribution is 2.37. The maximum Gasteiger partial charge on any atom is 0.410 e. The highest BCUT2D eigenvalue weighted by Gasteiger charge is 2.29. The van der Waals surface area contributed by atoms with Crippen LogP contribution in [0.25, 0.3) is 0 Å². The molecule has 3 rings (SSSR count). The lowest BCUT2D eigenvalue weighted by Gasteiger charge is -2.33. The largest absolute Gasteiger partial charge is 0.496 e. The molecular formula is C26H42N2O4S. The van der Waals surface area contributed by atoms with Crippen molar-refractivity contribution in [3.8, 4) is 5.75 Å². The van der Waals surface area contributed by atoms with Gasteiger partial charge in [0.05, 0.1) is 7.11 Å². The molecule has 2 aliphatic rings. The van der Waals surface area contributed by atoms with E-state index in [1.165, 1.54) is 22.3 Å². The van der Waals surface area contributed by atoms with Crippen LogP contribution in [0.1, 0.15) is 69.2 Å². The standard InChI is InChI=1S/C26H42N2O4S/c1-7-16-33-25(31-6)28-13-9-8-10-19-17-20-11-14-27(24(29)32-26(2,3)4)15-12-21(20)23(30-5)22(19)18-28/h17,25H,7-16,18H2,1-6H3. The first-order chi connectivity index (χ1) is 15.8. The van der Waals surface area contributed by atoms with Crippen LogP contribution >= 0.6 is 11.8 Å². The highest BCUT2D eigenvalue weighted by atomic mass is 32.2. The van der Waals surface area contributed by atoms with Crippen LogP contribution in [0.4, 0.5) is 4.79 Å². The molecule has 0 aromatic heterocycles. The van der Waals surface area contributed by atoms with Crippen LogP contribution in [0.15, 0.2) is 6.07 Å². The van der Waals surface area contributed by atoms with Gasteiger partial charge in [-0.2, -0.15) is 0 Å². The zero-order valence-electron chi connectivity index (χ0n) is 21.4. The number of carbonyl (C=O) groups excluding carboxylic acids is 1. The van der Waals surface area contributed by atoms with E-state index in [1.54, 1.807) is 7.11 Å². The predicted octanol–water partition coefficient (Wildman–Crippen LogP) is 5.24. The monoisotopic (exact) mass is 478 g/mol. The van der Waals surface area contributed by atoms with E-state index < -0.39 is 5.60 Å². The molecule has 1 atom stereocenters. The van der Waals surface area contributed by atoms with Gasteiger partial charge in [-0.3, -0.25) is 4.90 Å². The molecule has 0 spiro atoms. The second-order valence-corrected chi connectivity index (χ2v) is 11.1. The summed E-state index contributed by atoms with van der Waals surface area (Å²) in [6, 6.07) is 2.39. The number of benzene rings is 1. The van der Waals surface area contributed by atoms with Gasteiger partial charge in [0, 0.05) is 38.9 Å². The average Bonchev–Trinajstić information content (AvgIpc) is 2.96. The SMILES string of the molecule is CCCSC(OC)N1CCCCc2cc3c(c(OC)c2C1)CCN(C(=O)OC(C)(C)C)CC3. The van der Waals surface area contributed by atoms with Gasteiger partial charge in [0.25, 0.3) is 0 Å². The minimum Gasteiger partial charge on any atom is -0.496 e. The molecule has 0 aliphatic carbocycles. The topological polar surface area (TPSA) is 51.2 Å².